The van der Waals surface area contributed by atoms with E-state index in [0.29, 0.717) is 16.9 Å². The second kappa shape index (κ2) is 5.12. The molecule has 0 radical (unpaired) electrons. The van der Waals surface area contributed by atoms with Crippen molar-refractivity contribution in [2.75, 3.05) is 13.1 Å². The Bertz CT molecular complexity index is 493. The van der Waals surface area contributed by atoms with Crippen LogP contribution in [0.3, 0.4) is 0 Å². The van der Waals surface area contributed by atoms with Gasteiger partial charge in [-0.3, -0.25) is 4.79 Å². The third kappa shape index (κ3) is 2.62. The number of hydrogen-bond acceptors (Lipinski definition) is 1. The van der Waals surface area contributed by atoms with E-state index in [1.54, 1.807) is 0 Å². The molecule has 0 spiro atoms. The van der Waals surface area contributed by atoms with Crippen LogP contribution in [0.2, 0.25) is 5.02 Å². The molecule has 0 N–H and O–H groups in total. The number of amides is 1. The second-order valence-electron chi connectivity index (χ2n) is 5.73. The number of rotatable bonds is 1. The zero-order chi connectivity index (χ0) is 13.4. The highest BCUT2D eigenvalue weighted by Crippen LogP contribution is 2.35. The SMILES string of the molecule is O=C(c1cc(Cl)ccc1F)N1C[C@H]2CCC[C@@H](C2)C1. The topological polar surface area (TPSA) is 20.3 Å². The minimum absolute atomic E-state index is 0.104. The summed E-state index contributed by atoms with van der Waals surface area (Å²) in [7, 11) is 0. The predicted molar refractivity (Wildman–Crippen MR) is 72.8 cm³/mol. The smallest absolute Gasteiger partial charge is 0.256 e. The molecule has 1 saturated heterocycles. The van der Waals surface area contributed by atoms with Gasteiger partial charge in [-0.15, -0.1) is 0 Å². The summed E-state index contributed by atoms with van der Waals surface area (Å²) < 4.78 is 13.8. The van der Waals surface area contributed by atoms with Crippen LogP contribution in [0, 0.1) is 17.7 Å². The number of hydrogen-bond donors (Lipinski definition) is 0. The molecule has 0 aromatic heterocycles. The van der Waals surface area contributed by atoms with Crippen LogP contribution < -0.4 is 0 Å². The van der Waals surface area contributed by atoms with Crippen molar-refractivity contribution < 1.29 is 9.18 Å². The first-order valence-corrected chi connectivity index (χ1v) is 7.25. The Hall–Kier alpha value is -1.09. The minimum Gasteiger partial charge on any atom is -0.338 e. The Morgan fingerprint density at radius 2 is 1.95 bits per heavy atom. The summed E-state index contributed by atoms with van der Waals surface area (Å²) in [6, 6.07) is 4.17. The van der Waals surface area contributed by atoms with Gasteiger partial charge in [0, 0.05) is 18.1 Å². The van der Waals surface area contributed by atoms with Crippen LogP contribution >= 0.6 is 11.6 Å². The molecule has 4 heteroatoms. The Labute approximate surface area is 117 Å². The zero-order valence-electron chi connectivity index (χ0n) is 10.7. The average Bonchev–Trinajstić information content (AvgIpc) is 2.40. The van der Waals surface area contributed by atoms with Crippen molar-refractivity contribution in [1.29, 1.82) is 0 Å². The molecular weight excluding hydrogens is 265 g/mol. The van der Waals surface area contributed by atoms with Crippen LogP contribution in [0.15, 0.2) is 18.2 Å². The molecule has 102 valence electrons. The Kier molecular flexibility index (Phi) is 3.48. The minimum atomic E-state index is -0.481. The van der Waals surface area contributed by atoms with Crippen LogP contribution in [0.25, 0.3) is 0 Å². The molecule has 1 aromatic rings. The van der Waals surface area contributed by atoms with Crippen molar-refractivity contribution in [3.8, 4) is 0 Å². The van der Waals surface area contributed by atoms with Crippen molar-refractivity contribution in [3.63, 3.8) is 0 Å². The largest absolute Gasteiger partial charge is 0.338 e. The van der Waals surface area contributed by atoms with E-state index in [1.165, 1.54) is 43.9 Å². The van der Waals surface area contributed by atoms with E-state index in [2.05, 4.69) is 0 Å². The van der Waals surface area contributed by atoms with Gasteiger partial charge < -0.3 is 4.90 Å². The van der Waals surface area contributed by atoms with E-state index in [9.17, 15) is 9.18 Å². The lowest BCUT2D eigenvalue weighted by molar-refractivity contribution is 0.0500. The summed E-state index contributed by atoms with van der Waals surface area (Å²) >= 11 is 5.86. The van der Waals surface area contributed by atoms with E-state index < -0.39 is 5.82 Å². The lowest BCUT2D eigenvalue weighted by Crippen LogP contribution is -2.45. The van der Waals surface area contributed by atoms with Gasteiger partial charge in [-0.25, -0.2) is 4.39 Å². The van der Waals surface area contributed by atoms with E-state index in [0.717, 1.165) is 13.1 Å². The number of carbonyl (C=O) groups is 1. The number of benzene rings is 1. The summed E-state index contributed by atoms with van der Waals surface area (Å²) in [5.41, 5.74) is 0.104. The molecule has 2 fully saturated rings. The molecule has 1 aromatic carbocycles. The van der Waals surface area contributed by atoms with Crippen LogP contribution in [0.5, 0.6) is 0 Å². The van der Waals surface area contributed by atoms with E-state index in [4.69, 9.17) is 11.6 Å². The quantitative estimate of drug-likeness (QED) is 0.768. The molecule has 3 rings (SSSR count). The lowest BCUT2D eigenvalue weighted by atomic mass is 9.78. The van der Waals surface area contributed by atoms with Crippen molar-refractivity contribution in [2.45, 2.75) is 25.7 Å². The van der Waals surface area contributed by atoms with Gasteiger partial charge in [0.2, 0.25) is 0 Å². The van der Waals surface area contributed by atoms with E-state index in [-0.39, 0.29) is 11.5 Å². The fourth-order valence-corrected chi connectivity index (χ4v) is 3.60. The van der Waals surface area contributed by atoms with Gasteiger partial charge in [0.15, 0.2) is 0 Å². The van der Waals surface area contributed by atoms with Crippen LogP contribution in [0.4, 0.5) is 4.39 Å². The maximum atomic E-state index is 13.8. The molecule has 19 heavy (non-hydrogen) atoms. The number of likely N-dealkylation sites (tertiary alicyclic amines) is 1. The third-order valence-corrected chi connectivity index (χ3v) is 4.53. The molecule has 2 nitrogen and oxygen atoms in total. The summed E-state index contributed by atoms with van der Waals surface area (Å²) in [6.07, 6.45) is 4.88. The first kappa shape index (κ1) is 12.9. The normalized spacial score (nSPS) is 26.3. The summed E-state index contributed by atoms with van der Waals surface area (Å²) in [5, 5.41) is 0.405. The lowest BCUT2D eigenvalue weighted by Gasteiger charge is -2.41. The fourth-order valence-electron chi connectivity index (χ4n) is 3.43. The maximum absolute atomic E-state index is 13.8. The van der Waals surface area contributed by atoms with Crippen molar-refractivity contribution in [2.24, 2.45) is 11.8 Å². The van der Waals surface area contributed by atoms with E-state index in [1.807, 2.05) is 4.90 Å². The summed E-state index contributed by atoms with van der Waals surface area (Å²) in [5.74, 6) is 0.499. The first-order chi connectivity index (χ1) is 9.13. The highest BCUT2D eigenvalue weighted by molar-refractivity contribution is 6.31. The molecular formula is C15H17ClFNO. The highest BCUT2D eigenvalue weighted by Gasteiger charge is 2.33. The number of piperidine rings is 1. The van der Waals surface area contributed by atoms with Crippen LogP contribution in [-0.2, 0) is 0 Å². The van der Waals surface area contributed by atoms with Crippen LogP contribution in [-0.4, -0.2) is 23.9 Å². The van der Waals surface area contributed by atoms with Crippen molar-refractivity contribution >= 4 is 17.5 Å². The molecule has 2 bridgehead atoms. The second-order valence-corrected chi connectivity index (χ2v) is 6.17. The van der Waals surface area contributed by atoms with Gasteiger partial charge in [-0.2, -0.15) is 0 Å². The van der Waals surface area contributed by atoms with Gasteiger partial charge in [-0.05, 0) is 49.3 Å². The summed E-state index contributed by atoms with van der Waals surface area (Å²) in [6.45, 7) is 1.53. The fraction of sp³-hybridized carbons (Fsp3) is 0.533. The first-order valence-electron chi connectivity index (χ1n) is 6.88. The van der Waals surface area contributed by atoms with Gasteiger partial charge >= 0.3 is 0 Å². The standard InChI is InChI=1S/C15H17ClFNO/c16-12-4-5-14(17)13(7-12)15(19)18-8-10-2-1-3-11(6-10)9-18/h4-5,7,10-11H,1-3,6,8-9H2/t10-,11-/m0/s1. The van der Waals surface area contributed by atoms with E-state index >= 15 is 0 Å². The number of carbonyl (C=O) groups excluding carboxylic acids is 1. The molecule has 1 aliphatic carbocycles. The van der Waals surface area contributed by atoms with Gasteiger partial charge in [0.1, 0.15) is 5.82 Å². The van der Waals surface area contributed by atoms with Crippen molar-refractivity contribution in [3.05, 3.63) is 34.6 Å². The predicted octanol–water partition coefficient (Wildman–Crippen LogP) is 3.74. The average molecular weight is 282 g/mol. The molecule has 1 heterocycles. The van der Waals surface area contributed by atoms with Crippen LogP contribution in [0.1, 0.15) is 36.0 Å². The van der Waals surface area contributed by atoms with Gasteiger partial charge in [0.05, 0.1) is 5.56 Å². The number of fused-ring (bicyclic) bond motifs is 2. The monoisotopic (exact) mass is 281 g/mol. The number of halogens is 2. The Morgan fingerprint density at radius 1 is 1.26 bits per heavy atom. The third-order valence-electron chi connectivity index (χ3n) is 4.29. The maximum Gasteiger partial charge on any atom is 0.256 e. The Balaban J connectivity index is 1.82. The number of nitrogens with zero attached hydrogens (tertiary/aromatic N) is 1. The molecule has 2 atom stereocenters. The molecule has 0 unspecified atom stereocenters. The molecule has 1 aliphatic heterocycles. The zero-order valence-corrected chi connectivity index (χ0v) is 11.5. The van der Waals surface area contributed by atoms with Gasteiger partial charge in [-0.1, -0.05) is 18.0 Å². The van der Waals surface area contributed by atoms with Crippen molar-refractivity contribution in [1.82, 2.24) is 4.90 Å². The molecule has 1 saturated carbocycles. The molecule has 2 aliphatic rings. The highest BCUT2D eigenvalue weighted by atomic mass is 35.5. The molecule has 1 amide bonds. The summed E-state index contributed by atoms with van der Waals surface area (Å²) in [4.78, 5) is 14.2. The Morgan fingerprint density at radius 3 is 2.63 bits per heavy atom. The van der Waals surface area contributed by atoms with Gasteiger partial charge in [0.25, 0.3) is 5.91 Å².